The summed E-state index contributed by atoms with van der Waals surface area (Å²) in [5, 5.41) is 4.19. The third-order valence-corrected chi connectivity index (χ3v) is 10.2. The number of likely N-dealkylation sites (tertiary alicyclic amines) is 1. The Morgan fingerprint density at radius 2 is 1.71 bits per heavy atom. The van der Waals surface area contributed by atoms with E-state index >= 15 is 0 Å². The molecule has 2 aromatic heterocycles. The van der Waals surface area contributed by atoms with Crippen molar-refractivity contribution in [1.29, 1.82) is 0 Å². The van der Waals surface area contributed by atoms with Gasteiger partial charge < -0.3 is 29.3 Å². The number of benzene rings is 2. The number of carbonyl (C=O) groups excluding carboxylic acids is 2. The molecule has 1 aliphatic heterocycles. The van der Waals surface area contributed by atoms with Gasteiger partial charge in [0.2, 0.25) is 0 Å². The topological polar surface area (TPSA) is 130 Å². The minimum atomic E-state index is -0.737. The molecule has 2 aromatic carbocycles. The molecule has 0 spiro atoms. The van der Waals surface area contributed by atoms with Gasteiger partial charge in [0, 0.05) is 29.4 Å². The zero-order chi connectivity index (χ0) is 34.0. The van der Waals surface area contributed by atoms with E-state index in [-0.39, 0.29) is 23.9 Å². The maximum absolute atomic E-state index is 13.6. The molecule has 0 radical (unpaired) electrons. The molecule has 3 N–H and O–H groups in total. The first-order valence-electron chi connectivity index (χ1n) is 15.8. The Hall–Kier alpha value is -3.71. The van der Waals surface area contributed by atoms with Crippen molar-refractivity contribution in [2.45, 2.75) is 50.4 Å². The first-order valence-corrected chi connectivity index (χ1v) is 17.4. The number of rotatable bonds is 14. The van der Waals surface area contributed by atoms with Crippen LogP contribution in [0.25, 0.3) is 0 Å². The molecule has 0 bridgehead atoms. The number of ether oxygens (including phenoxy) is 4. The maximum atomic E-state index is 13.6. The van der Waals surface area contributed by atoms with Gasteiger partial charge in [-0.1, -0.05) is 66.0 Å². The van der Waals surface area contributed by atoms with Crippen LogP contribution in [0.1, 0.15) is 62.6 Å². The van der Waals surface area contributed by atoms with Crippen LogP contribution in [0, 0.1) is 0 Å². The normalized spacial score (nSPS) is 15.8. The second-order valence-corrected chi connectivity index (χ2v) is 13.6. The molecular formula is C36H41Cl2N3O7S. The Bertz CT molecular complexity index is 1670. The van der Waals surface area contributed by atoms with Gasteiger partial charge in [0.15, 0.2) is 23.9 Å². The van der Waals surface area contributed by atoms with Gasteiger partial charge >= 0.3 is 11.9 Å². The number of H-pyrrole nitrogens is 1. The SMILES string of the molecule is COc1ccc([C@H](Cc2c(Cl)c[nH+]cc2Cl)OC(=O)c2ccc(CNC(C(=O)OC[C@@H]3CCCCN3C)c3ccccc3)s2)cc1OC.[OH-]. The van der Waals surface area contributed by atoms with Gasteiger partial charge in [-0.3, -0.25) is 5.32 Å². The predicted octanol–water partition coefficient (Wildman–Crippen LogP) is 6.71. The van der Waals surface area contributed by atoms with Gasteiger partial charge in [-0.15, -0.1) is 11.3 Å². The summed E-state index contributed by atoms with van der Waals surface area (Å²) in [4.78, 5) is 33.4. The van der Waals surface area contributed by atoms with Gasteiger partial charge in [0.1, 0.15) is 33.7 Å². The van der Waals surface area contributed by atoms with E-state index in [9.17, 15) is 9.59 Å². The number of halogens is 2. The van der Waals surface area contributed by atoms with Crippen LogP contribution < -0.4 is 19.8 Å². The quantitative estimate of drug-likeness (QED) is 0.141. The van der Waals surface area contributed by atoms with Crippen molar-refractivity contribution in [1.82, 2.24) is 10.2 Å². The Labute approximate surface area is 300 Å². The summed E-state index contributed by atoms with van der Waals surface area (Å²) in [6, 6.07) is 18.0. The fourth-order valence-corrected chi connectivity index (χ4v) is 7.08. The molecular weight excluding hydrogens is 689 g/mol. The van der Waals surface area contributed by atoms with Gasteiger partial charge in [-0.05, 0) is 61.8 Å². The number of esters is 2. The monoisotopic (exact) mass is 729 g/mol. The number of aromatic amines is 1. The molecule has 5 rings (SSSR count). The molecule has 4 aromatic rings. The van der Waals surface area contributed by atoms with E-state index in [0.717, 1.165) is 36.2 Å². The van der Waals surface area contributed by atoms with Crippen molar-refractivity contribution >= 4 is 46.5 Å². The minimum Gasteiger partial charge on any atom is -0.870 e. The number of pyridine rings is 1. The molecule has 0 saturated carbocycles. The van der Waals surface area contributed by atoms with Crippen LogP contribution in [-0.2, 0) is 27.2 Å². The molecule has 3 heterocycles. The smallest absolute Gasteiger partial charge is 0.348 e. The van der Waals surface area contributed by atoms with E-state index in [1.807, 2.05) is 42.5 Å². The lowest BCUT2D eigenvalue weighted by molar-refractivity contribution is -0.377. The van der Waals surface area contributed by atoms with Crippen LogP contribution in [0.2, 0.25) is 10.0 Å². The van der Waals surface area contributed by atoms with Crippen LogP contribution in [0.4, 0.5) is 0 Å². The number of hydrogen-bond acceptors (Lipinski definition) is 10. The number of likely N-dealkylation sites (N-methyl/N-ethyl adjacent to an activating group) is 1. The van der Waals surface area contributed by atoms with Crippen LogP contribution in [0.3, 0.4) is 0 Å². The van der Waals surface area contributed by atoms with Crippen molar-refractivity contribution in [3.63, 3.8) is 0 Å². The van der Waals surface area contributed by atoms with Crippen molar-refractivity contribution in [3.05, 3.63) is 110 Å². The Balaban J connectivity index is 0.00000541. The average Bonchev–Trinajstić information content (AvgIpc) is 3.58. The summed E-state index contributed by atoms with van der Waals surface area (Å²) in [7, 11) is 5.17. The predicted molar refractivity (Wildman–Crippen MR) is 188 cm³/mol. The third kappa shape index (κ3) is 9.94. The van der Waals surface area contributed by atoms with Gasteiger partial charge in [-0.2, -0.15) is 0 Å². The third-order valence-electron chi connectivity index (χ3n) is 8.47. The molecule has 49 heavy (non-hydrogen) atoms. The van der Waals surface area contributed by atoms with Crippen molar-refractivity contribution < 1.29 is 39.0 Å². The molecule has 0 amide bonds. The van der Waals surface area contributed by atoms with E-state index in [1.165, 1.54) is 11.3 Å². The molecule has 0 aliphatic carbocycles. The van der Waals surface area contributed by atoms with Crippen LogP contribution >= 0.6 is 34.5 Å². The lowest BCUT2D eigenvalue weighted by atomic mass is 10.0. The fourth-order valence-electron chi connectivity index (χ4n) is 5.71. The second-order valence-electron chi connectivity index (χ2n) is 11.6. The van der Waals surface area contributed by atoms with E-state index in [4.69, 9.17) is 42.1 Å². The number of carbonyl (C=O) groups is 2. The summed E-state index contributed by atoms with van der Waals surface area (Å²) in [6.07, 6.45) is 6.06. The first-order chi connectivity index (χ1) is 23.3. The number of thiophene rings is 1. The zero-order valence-electron chi connectivity index (χ0n) is 27.6. The summed E-state index contributed by atoms with van der Waals surface area (Å²) in [6.45, 7) is 1.71. The zero-order valence-corrected chi connectivity index (χ0v) is 29.9. The van der Waals surface area contributed by atoms with Gasteiger partial charge in [-0.25, -0.2) is 14.6 Å². The highest BCUT2D eigenvalue weighted by Gasteiger charge is 2.27. The molecule has 13 heteroatoms. The van der Waals surface area contributed by atoms with Crippen LogP contribution in [0.15, 0.2) is 73.1 Å². The number of methoxy groups -OCH3 is 2. The van der Waals surface area contributed by atoms with Crippen molar-refractivity contribution in [2.75, 3.05) is 34.4 Å². The van der Waals surface area contributed by atoms with Gasteiger partial charge in [0.05, 0.1) is 14.2 Å². The molecule has 1 aliphatic rings. The summed E-state index contributed by atoms with van der Waals surface area (Å²) >= 11 is 14.2. The van der Waals surface area contributed by atoms with E-state index in [0.29, 0.717) is 50.7 Å². The lowest BCUT2D eigenvalue weighted by Gasteiger charge is -2.32. The van der Waals surface area contributed by atoms with Crippen LogP contribution in [-0.4, -0.2) is 62.8 Å². The molecule has 1 fully saturated rings. The van der Waals surface area contributed by atoms with E-state index < -0.39 is 18.1 Å². The molecule has 10 nitrogen and oxygen atoms in total. The lowest BCUT2D eigenvalue weighted by Crippen LogP contribution is -2.41. The largest absolute Gasteiger partial charge is 0.870 e. The van der Waals surface area contributed by atoms with Gasteiger partial charge in [0.25, 0.3) is 0 Å². The number of piperidine rings is 1. The second kappa shape index (κ2) is 18.3. The number of hydrogen-bond donors (Lipinski definition) is 1. The Kier molecular flexibility index (Phi) is 14.3. The summed E-state index contributed by atoms with van der Waals surface area (Å²) in [5.41, 5.74) is 2.13. The number of nitrogens with one attached hydrogen (secondary N) is 2. The highest BCUT2D eigenvalue weighted by atomic mass is 35.5. The van der Waals surface area contributed by atoms with E-state index in [1.54, 1.807) is 44.8 Å². The summed E-state index contributed by atoms with van der Waals surface area (Å²) < 4.78 is 22.8. The highest BCUT2D eigenvalue weighted by molar-refractivity contribution is 7.13. The van der Waals surface area contributed by atoms with Crippen molar-refractivity contribution in [3.8, 4) is 11.5 Å². The van der Waals surface area contributed by atoms with Crippen LogP contribution in [0.5, 0.6) is 11.5 Å². The van der Waals surface area contributed by atoms with E-state index in [2.05, 4.69) is 22.2 Å². The molecule has 3 atom stereocenters. The Morgan fingerprint density at radius 1 is 0.980 bits per heavy atom. The summed E-state index contributed by atoms with van der Waals surface area (Å²) in [5.74, 6) is 0.212. The maximum Gasteiger partial charge on any atom is 0.348 e. The minimum absolute atomic E-state index is 0. The number of nitrogens with zero attached hydrogens (tertiary/aromatic N) is 1. The fraction of sp³-hybridized carbons (Fsp3) is 0.361. The highest BCUT2D eigenvalue weighted by Crippen LogP contribution is 2.36. The van der Waals surface area contributed by atoms with Crippen molar-refractivity contribution in [2.24, 2.45) is 0 Å². The number of aromatic nitrogens is 1. The first kappa shape index (κ1) is 38.1. The molecule has 262 valence electrons. The Morgan fingerprint density at radius 3 is 2.41 bits per heavy atom. The molecule has 1 saturated heterocycles. The standard InChI is InChI=1S/C36H39Cl2N3O6S.H2O/c1-41-16-8-7-11-25(41)22-46-36(43)34(23-9-5-4-6-10-23)40-19-26-13-15-33(48-26)35(42)47-31(18-27-28(37)20-39-21-29(27)38)24-12-14-30(44-2)32(17-24)45-3;/h4-6,9-10,12-15,17,20-21,25,31,34,40H,7-8,11,16,18-19,22H2,1-3H3;1H2/t25-,31-,34?;/m0./s1. The average molecular weight is 731 g/mol. The molecule has 1 unspecified atom stereocenters.